The van der Waals surface area contributed by atoms with Crippen LogP contribution in [-0.4, -0.2) is 36.1 Å². The van der Waals surface area contributed by atoms with Crippen molar-refractivity contribution < 1.29 is 9.59 Å². The highest BCUT2D eigenvalue weighted by Gasteiger charge is 2.22. The molecule has 4 rings (SSSR count). The Morgan fingerprint density at radius 1 is 0.474 bits per heavy atom. The molecule has 0 bridgehead atoms. The van der Waals surface area contributed by atoms with Gasteiger partial charge in [-0.15, -0.1) is 23.2 Å². The van der Waals surface area contributed by atoms with Crippen molar-refractivity contribution in [1.82, 2.24) is 10.6 Å². The lowest BCUT2D eigenvalue weighted by Crippen LogP contribution is -2.29. The van der Waals surface area contributed by atoms with E-state index in [0.717, 1.165) is 21.2 Å². The first-order valence-corrected chi connectivity index (χ1v) is 15.9. The first kappa shape index (κ1) is 29.8. The van der Waals surface area contributed by atoms with Crippen LogP contribution in [-0.2, 0) is 0 Å². The summed E-state index contributed by atoms with van der Waals surface area (Å²) in [6, 6.07) is 39.5. The van der Waals surface area contributed by atoms with E-state index in [1.807, 2.05) is 121 Å². The monoisotopic (exact) mass is 582 g/mol. The van der Waals surface area contributed by atoms with Crippen LogP contribution in [0.5, 0.6) is 0 Å². The molecule has 0 aromatic heterocycles. The summed E-state index contributed by atoms with van der Waals surface area (Å²) in [4.78, 5) is 24.7. The lowest BCUT2D eigenvalue weighted by Gasteiger charge is -2.17. The first-order chi connectivity index (χ1) is 18.7. The number of carbonyl (C=O) groups excluding carboxylic acids is 2. The van der Waals surface area contributed by atoms with E-state index in [9.17, 15) is 9.59 Å². The second-order valence-corrected chi connectivity index (χ2v) is 12.8. The van der Waals surface area contributed by atoms with E-state index in [0.29, 0.717) is 24.8 Å². The predicted molar refractivity (Wildman–Crippen MR) is 166 cm³/mol. The summed E-state index contributed by atoms with van der Waals surface area (Å²) in [6.45, 7) is 0.998. The normalized spacial score (nSPS) is 10.4. The largest absolute Gasteiger partial charge is 0.351 e. The van der Waals surface area contributed by atoms with Gasteiger partial charge in [0, 0.05) is 40.7 Å². The van der Waals surface area contributed by atoms with E-state index in [2.05, 4.69) is 10.6 Å². The number of amides is 2. The number of halogens is 2. The molecule has 0 fully saturated rings. The lowest BCUT2D eigenvalue weighted by molar-refractivity contribution is 0.260. The highest BCUT2D eigenvalue weighted by atomic mass is 35.5. The summed E-state index contributed by atoms with van der Waals surface area (Å²) in [5.41, 5.74) is 0.0982. The zero-order valence-electron chi connectivity index (χ0n) is 20.8. The van der Waals surface area contributed by atoms with Crippen molar-refractivity contribution >= 4 is 71.6 Å². The van der Waals surface area contributed by atoms with Crippen molar-refractivity contribution in [1.29, 1.82) is 0 Å². The molecule has 4 nitrogen and oxygen atoms in total. The van der Waals surface area contributed by atoms with Crippen LogP contribution in [0, 0.1) is 0 Å². The summed E-state index contributed by atoms with van der Waals surface area (Å²) in [7, 11) is -2.06. The third-order valence-corrected chi connectivity index (χ3v) is 9.97. The van der Waals surface area contributed by atoms with Crippen LogP contribution >= 0.6 is 39.0 Å². The molecule has 0 aliphatic carbocycles. The number of alkyl halides is 2. The van der Waals surface area contributed by atoms with Gasteiger partial charge in [0.1, 0.15) is 0 Å². The third kappa shape index (κ3) is 9.22. The first-order valence-electron chi connectivity index (χ1n) is 12.1. The van der Waals surface area contributed by atoms with Gasteiger partial charge >= 0.3 is 0 Å². The smallest absolute Gasteiger partial charge is 0.250 e. The molecule has 196 valence electrons. The SMILES string of the molecule is O=C(NCCCl)P(c1ccccc1)c1ccccc1.O=C(NCCCl)P(c1ccccc1)c1ccccc1. The van der Waals surface area contributed by atoms with Crippen molar-refractivity contribution in [3.63, 3.8) is 0 Å². The average Bonchev–Trinajstić information content (AvgIpc) is 2.98. The lowest BCUT2D eigenvalue weighted by atomic mass is 10.4. The molecule has 2 N–H and O–H groups in total. The minimum atomic E-state index is -1.03. The van der Waals surface area contributed by atoms with Gasteiger partial charge < -0.3 is 10.6 Å². The Balaban J connectivity index is 0.000000211. The molecule has 0 atom stereocenters. The maximum atomic E-state index is 12.4. The Morgan fingerprint density at radius 2 is 0.711 bits per heavy atom. The summed E-state index contributed by atoms with van der Waals surface area (Å²) < 4.78 is 0. The van der Waals surface area contributed by atoms with Crippen molar-refractivity contribution in [3.8, 4) is 0 Å². The van der Waals surface area contributed by atoms with Gasteiger partial charge in [-0.3, -0.25) is 9.59 Å². The quantitative estimate of drug-likeness (QED) is 0.174. The minimum Gasteiger partial charge on any atom is -0.351 e. The van der Waals surface area contributed by atoms with Gasteiger partial charge in [-0.05, 0) is 21.2 Å². The molecule has 0 spiro atoms. The molecule has 4 aromatic rings. The zero-order chi connectivity index (χ0) is 27.0. The van der Waals surface area contributed by atoms with Crippen LogP contribution in [0.4, 0.5) is 9.59 Å². The van der Waals surface area contributed by atoms with Gasteiger partial charge in [0.05, 0.1) is 0 Å². The number of nitrogens with one attached hydrogen (secondary N) is 2. The Morgan fingerprint density at radius 3 is 0.921 bits per heavy atom. The Kier molecular flexibility index (Phi) is 13.3. The molecule has 8 heteroatoms. The summed E-state index contributed by atoms with van der Waals surface area (Å²) >= 11 is 11.3. The standard InChI is InChI=1S/2C15H15ClNOP/c2*16-11-12-17-15(18)19(13-7-3-1-4-8-13)14-9-5-2-6-10-14/h2*1-10H,11-12H2,(H,17,18). The van der Waals surface area contributed by atoms with Crippen molar-refractivity contribution in [2.45, 2.75) is 0 Å². The second-order valence-electron chi connectivity index (χ2n) is 7.85. The van der Waals surface area contributed by atoms with Crippen LogP contribution < -0.4 is 31.9 Å². The van der Waals surface area contributed by atoms with Gasteiger partial charge in [-0.2, -0.15) is 0 Å². The predicted octanol–water partition coefficient (Wildman–Crippen LogP) is 6.14. The molecule has 0 heterocycles. The number of hydrogen-bond acceptors (Lipinski definition) is 2. The molecular weight excluding hydrogens is 553 g/mol. The van der Waals surface area contributed by atoms with Crippen LogP contribution in [0.25, 0.3) is 0 Å². The molecule has 0 aliphatic heterocycles. The van der Waals surface area contributed by atoms with Gasteiger partial charge in [-0.25, -0.2) is 0 Å². The number of rotatable bonds is 10. The highest BCUT2D eigenvalue weighted by molar-refractivity contribution is 7.88. The molecule has 4 aromatic carbocycles. The van der Waals surface area contributed by atoms with E-state index in [1.165, 1.54) is 0 Å². The Labute approximate surface area is 237 Å². The zero-order valence-corrected chi connectivity index (χ0v) is 24.1. The second kappa shape index (κ2) is 17.0. The van der Waals surface area contributed by atoms with Gasteiger partial charge in [0.25, 0.3) is 0 Å². The average molecular weight is 583 g/mol. The van der Waals surface area contributed by atoms with Gasteiger partial charge in [0.15, 0.2) is 0 Å². The Hall–Kier alpha value is -2.74. The Bertz CT molecular complexity index is 1060. The fourth-order valence-electron chi connectivity index (χ4n) is 3.54. The molecule has 0 radical (unpaired) electrons. The molecule has 0 unspecified atom stereocenters. The maximum Gasteiger partial charge on any atom is 0.250 e. The molecule has 2 amide bonds. The van der Waals surface area contributed by atoms with E-state index >= 15 is 0 Å². The van der Waals surface area contributed by atoms with Crippen LogP contribution in [0.1, 0.15) is 0 Å². The molecule has 0 saturated carbocycles. The van der Waals surface area contributed by atoms with E-state index in [1.54, 1.807) is 0 Å². The van der Waals surface area contributed by atoms with E-state index in [4.69, 9.17) is 23.2 Å². The van der Waals surface area contributed by atoms with Crippen LogP contribution in [0.3, 0.4) is 0 Å². The van der Waals surface area contributed by atoms with Crippen molar-refractivity contribution in [3.05, 3.63) is 121 Å². The van der Waals surface area contributed by atoms with Crippen molar-refractivity contribution in [2.24, 2.45) is 0 Å². The third-order valence-electron chi connectivity index (χ3n) is 5.21. The highest BCUT2D eigenvalue weighted by Crippen LogP contribution is 2.34. The van der Waals surface area contributed by atoms with Gasteiger partial charge in [-0.1, -0.05) is 121 Å². The fraction of sp³-hybridized carbons (Fsp3) is 0.133. The minimum absolute atomic E-state index is 0.0491. The van der Waals surface area contributed by atoms with Crippen LogP contribution in [0.2, 0.25) is 0 Å². The molecule has 0 aliphatic rings. The topological polar surface area (TPSA) is 58.2 Å². The summed E-state index contributed by atoms with van der Waals surface area (Å²) in [5.74, 6) is 0.858. The van der Waals surface area contributed by atoms with Crippen LogP contribution in [0.15, 0.2) is 121 Å². The number of carbonyl (C=O) groups is 2. The number of benzene rings is 4. The summed E-state index contributed by atoms with van der Waals surface area (Å²) in [6.07, 6.45) is 0. The number of hydrogen-bond donors (Lipinski definition) is 2. The van der Waals surface area contributed by atoms with E-state index in [-0.39, 0.29) is 11.3 Å². The molecule has 38 heavy (non-hydrogen) atoms. The fourth-order valence-corrected chi connectivity index (χ4v) is 7.69. The summed E-state index contributed by atoms with van der Waals surface area (Å²) in [5, 5.41) is 9.98. The molecular formula is C30H30Cl2N2O2P2. The maximum absolute atomic E-state index is 12.4. The van der Waals surface area contributed by atoms with E-state index < -0.39 is 15.8 Å². The van der Waals surface area contributed by atoms with Crippen molar-refractivity contribution in [2.75, 3.05) is 24.8 Å². The molecule has 0 saturated heterocycles. The van der Waals surface area contributed by atoms with Gasteiger partial charge in [0.2, 0.25) is 11.3 Å².